The average molecular weight is 421 g/mol. The van der Waals surface area contributed by atoms with Crippen LogP contribution < -0.4 is 4.72 Å². The van der Waals surface area contributed by atoms with Gasteiger partial charge in [-0.1, -0.05) is 29.8 Å². The maximum atomic E-state index is 12.7. The van der Waals surface area contributed by atoms with Crippen LogP contribution in [0.5, 0.6) is 0 Å². The molecule has 1 atom stereocenters. The summed E-state index contributed by atoms with van der Waals surface area (Å²) in [4.78, 5) is 4.10. The summed E-state index contributed by atoms with van der Waals surface area (Å²) in [7, 11) is -7.85. The Bertz CT molecular complexity index is 1190. The van der Waals surface area contributed by atoms with E-state index in [9.17, 15) is 16.8 Å². The summed E-state index contributed by atoms with van der Waals surface area (Å²) in [5, 5.41) is 1.22. The van der Waals surface area contributed by atoms with Gasteiger partial charge in [0.2, 0.25) is 10.0 Å². The predicted molar refractivity (Wildman–Crippen MR) is 106 cm³/mol. The van der Waals surface area contributed by atoms with Gasteiger partial charge in [-0.25, -0.2) is 13.1 Å². The summed E-state index contributed by atoms with van der Waals surface area (Å²) in [6.45, 7) is 3.13. The third-order valence-electron chi connectivity index (χ3n) is 4.09. The van der Waals surface area contributed by atoms with E-state index in [-0.39, 0.29) is 16.3 Å². The van der Waals surface area contributed by atoms with Gasteiger partial charge in [0.05, 0.1) is 15.9 Å². The van der Waals surface area contributed by atoms with Crippen LogP contribution >= 0.6 is 0 Å². The molecule has 0 amide bonds. The van der Waals surface area contributed by atoms with Crippen LogP contribution in [0, 0.1) is 6.92 Å². The second kappa shape index (κ2) is 7.96. The third-order valence-corrected chi connectivity index (χ3v) is 7.00. The number of hydrogen-bond donors (Lipinski definition) is 1. The minimum atomic E-state index is -3.99. The Morgan fingerprint density at radius 1 is 1.04 bits per heavy atom. The maximum Gasteiger partial charge on any atom is 0.297 e. The molecule has 1 N–H and O–H groups in total. The van der Waals surface area contributed by atoms with Crippen molar-refractivity contribution in [2.75, 3.05) is 6.54 Å². The Hall–Kier alpha value is -2.33. The van der Waals surface area contributed by atoms with Crippen molar-refractivity contribution < 1.29 is 21.0 Å². The van der Waals surface area contributed by atoms with E-state index in [1.165, 1.54) is 31.3 Å². The summed E-state index contributed by atoms with van der Waals surface area (Å²) < 4.78 is 57.5. The van der Waals surface area contributed by atoms with Crippen LogP contribution in [0.25, 0.3) is 10.8 Å². The minimum Gasteiger partial charge on any atom is -0.264 e. The molecule has 9 heteroatoms. The lowest BCUT2D eigenvalue weighted by Gasteiger charge is -2.15. The first kappa shape index (κ1) is 20.4. The minimum absolute atomic E-state index is 0.0226. The van der Waals surface area contributed by atoms with Crippen molar-refractivity contribution in [3.05, 3.63) is 66.5 Å². The quantitative estimate of drug-likeness (QED) is 0.590. The molecule has 0 spiro atoms. The van der Waals surface area contributed by atoms with Crippen molar-refractivity contribution in [2.24, 2.45) is 0 Å². The van der Waals surface area contributed by atoms with Gasteiger partial charge in [0.15, 0.2) is 0 Å². The number of nitrogens with zero attached hydrogens (tertiary/aromatic N) is 1. The molecule has 7 nitrogen and oxygen atoms in total. The number of sulfonamides is 1. The Kier molecular flexibility index (Phi) is 5.80. The highest BCUT2D eigenvalue weighted by molar-refractivity contribution is 7.89. The molecule has 0 aliphatic heterocycles. The lowest BCUT2D eigenvalue weighted by atomic mass is 10.2. The van der Waals surface area contributed by atoms with Crippen LogP contribution in [0.15, 0.2) is 70.7 Å². The Morgan fingerprint density at radius 2 is 1.75 bits per heavy atom. The molecule has 0 bridgehead atoms. The van der Waals surface area contributed by atoms with Crippen LogP contribution in [-0.2, 0) is 24.3 Å². The molecule has 1 unspecified atom stereocenters. The van der Waals surface area contributed by atoms with Gasteiger partial charge in [-0.05, 0) is 38.1 Å². The lowest BCUT2D eigenvalue weighted by molar-refractivity contribution is 0.232. The number of fused-ring (bicyclic) bond motifs is 1. The van der Waals surface area contributed by atoms with Gasteiger partial charge in [-0.3, -0.25) is 9.17 Å². The highest BCUT2D eigenvalue weighted by atomic mass is 32.2. The smallest absolute Gasteiger partial charge is 0.264 e. The summed E-state index contributed by atoms with van der Waals surface area (Å²) in [5.74, 6) is 0. The first-order chi connectivity index (χ1) is 13.2. The van der Waals surface area contributed by atoms with Gasteiger partial charge in [0.1, 0.15) is 0 Å². The van der Waals surface area contributed by atoms with Crippen molar-refractivity contribution in [2.45, 2.75) is 29.7 Å². The number of hydrogen-bond acceptors (Lipinski definition) is 6. The third kappa shape index (κ3) is 4.56. The van der Waals surface area contributed by atoms with Gasteiger partial charge in [-0.2, -0.15) is 8.42 Å². The van der Waals surface area contributed by atoms with E-state index in [0.717, 1.165) is 5.56 Å². The fraction of sp³-hybridized carbons (Fsp3) is 0.211. The SMILES string of the molecule is Cc1ccc(S(=O)(=O)OC(C)CNS(=O)(=O)c2cccc3cnccc23)cc1. The second-order valence-electron chi connectivity index (χ2n) is 6.38. The fourth-order valence-corrected chi connectivity index (χ4v) is 5.07. The number of rotatable bonds is 7. The highest BCUT2D eigenvalue weighted by Gasteiger charge is 2.22. The highest BCUT2D eigenvalue weighted by Crippen LogP contribution is 2.22. The maximum absolute atomic E-state index is 12.7. The van der Waals surface area contributed by atoms with Crippen LogP contribution in [-0.4, -0.2) is 34.5 Å². The van der Waals surface area contributed by atoms with Crippen molar-refractivity contribution in [1.82, 2.24) is 9.71 Å². The van der Waals surface area contributed by atoms with Gasteiger partial charge in [-0.15, -0.1) is 0 Å². The Morgan fingerprint density at radius 3 is 2.46 bits per heavy atom. The molecule has 28 heavy (non-hydrogen) atoms. The number of benzene rings is 2. The molecule has 148 valence electrons. The van der Waals surface area contributed by atoms with E-state index < -0.39 is 26.2 Å². The van der Waals surface area contributed by atoms with Crippen LogP contribution in [0.3, 0.4) is 0 Å². The molecule has 0 saturated heterocycles. The zero-order chi connectivity index (χ0) is 20.4. The summed E-state index contributed by atoms with van der Waals surface area (Å²) >= 11 is 0. The molecule has 0 saturated carbocycles. The van der Waals surface area contributed by atoms with Gasteiger partial charge in [0, 0.05) is 29.7 Å². The molecule has 1 aromatic heterocycles. The zero-order valence-corrected chi connectivity index (χ0v) is 17.0. The molecule has 0 aliphatic carbocycles. The Balaban J connectivity index is 1.73. The second-order valence-corrected chi connectivity index (χ2v) is 9.69. The first-order valence-electron chi connectivity index (χ1n) is 8.51. The predicted octanol–water partition coefficient (Wildman–Crippen LogP) is 2.62. The monoisotopic (exact) mass is 420 g/mol. The molecule has 0 aliphatic rings. The molecule has 0 fully saturated rings. The lowest BCUT2D eigenvalue weighted by Crippen LogP contribution is -2.33. The van der Waals surface area contributed by atoms with Gasteiger partial charge < -0.3 is 0 Å². The van der Waals surface area contributed by atoms with Crippen LogP contribution in [0.2, 0.25) is 0 Å². The largest absolute Gasteiger partial charge is 0.297 e. The number of nitrogens with one attached hydrogen (secondary N) is 1. The topological polar surface area (TPSA) is 102 Å². The Labute approximate surface area is 164 Å². The standard InChI is InChI=1S/C19H20N2O5S2/c1-14-6-8-17(9-7-14)28(24,25)26-15(2)12-21-27(22,23)19-5-3-4-16-13-20-11-10-18(16)19/h3-11,13,15,21H,12H2,1-2H3. The molecular formula is C19H20N2O5S2. The van der Waals surface area contributed by atoms with E-state index in [4.69, 9.17) is 4.18 Å². The molecule has 2 aromatic carbocycles. The molecule has 3 aromatic rings. The molecule has 1 heterocycles. The number of aromatic nitrogens is 1. The van der Waals surface area contributed by atoms with E-state index >= 15 is 0 Å². The van der Waals surface area contributed by atoms with Crippen LogP contribution in [0.1, 0.15) is 12.5 Å². The molecule has 0 radical (unpaired) electrons. The molecule has 3 rings (SSSR count). The normalized spacial score (nSPS) is 13.5. The van der Waals surface area contributed by atoms with E-state index in [1.54, 1.807) is 36.5 Å². The van der Waals surface area contributed by atoms with E-state index in [0.29, 0.717) is 10.8 Å². The van der Waals surface area contributed by atoms with Gasteiger partial charge in [0.25, 0.3) is 10.1 Å². The van der Waals surface area contributed by atoms with Crippen molar-refractivity contribution in [3.63, 3.8) is 0 Å². The van der Waals surface area contributed by atoms with E-state index in [2.05, 4.69) is 9.71 Å². The van der Waals surface area contributed by atoms with Crippen molar-refractivity contribution in [1.29, 1.82) is 0 Å². The zero-order valence-electron chi connectivity index (χ0n) is 15.4. The van der Waals surface area contributed by atoms with E-state index in [1.807, 2.05) is 6.92 Å². The summed E-state index contributed by atoms with van der Waals surface area (Å²) in [6, 6.07) is 12.7. The van der Waals surface area contributed by atoms with Crippen molar-refractivity contribution in [3.8, 4) is 0 Å². The summed E-state index contributed by atoms with van der Waals surface area (Å²) in [6.07, 6.45) is 2.20. The number of aryl methyl sites for hydroxylation is 1. The average Bonchev–Trinajstić information content (AvgIpc) is 2.66. The van der Waals surface area contributed by atoms with Crippen LogP contribution in [0.4, 0.5) is 0 Å². The molecular weight excluding hydrogens is 400 g/mol. The first-order valence-corrected chi connectivity index (χ1v) is 11.4. The van der Waals surface area contributed by atoms with Gasteiger partial charge >= 0.3 is 0 Å². The number of pyridine rings is 1. The fourth-order valence-electron chi connectivity index (χ4n) is 2.64. The summed E-state index contributed by atoms with van der Waals surface area (Å²) in [5.41, 5.74) is 0.921. The van der Waals surface area contributed by atoms with Crippen molar-refractivity contribution >= 4 is 30.9 Å².